The lowest BCUT2D eigenvalue weighted by molar-refractivity contribution is 1.29. The van der Waals surface area contributed by atoms with Gasteiger partial charge in [0, 0.05) is 34.3 Å². The Morgan fingerprint density at radius 1 is 0.365 bits per heavy atom. The minimum Gasteiger partial charge on any atom is -0.245 e. The first-order chi connectivity index (χ1) is 25.8. The van der Waals surface area contributed by atoms with Crippen molar-refractivity contribution >= 4 is 55.0 Å². The fraction of sp³-hybridized carbons (Fsp3) is 0. The maximum atomic E-state index is 5.23. The van der Waals surface area contributed by atoms with Crippen molar-refractivity contribution in [3.63, 3.8) is 0 Å². The minimum atomic E-state index is 0.867. The molecule has 0 aliphatic heterocycles. The Morgan fingerprint density at radius 2 is 0.865 bits per heavy atom. The van der Waals surface area contributed by atoms with E-state index in [1.165, 1.54) is 21.9 Å². The molecule has 244 valence electrons. The fourth-order valence-electron chi connectivity index (χ4n) is 7.32. The lowest BCUT2D eigenvalue weighted by Crippen LogP contribution is -1.95. The molecule has 0 saturated heterocycles. The van der Waals surface area contributed by atoms with E-state index in [0.717, 1.165) is 76.6 Å². The molecule has 0 saturated carbocycles. The molecule has 0 aliphatic rings. The molecule has 0 N–H and O–H groups in total. The molecule has 4 heterocycles. The molecule has 0 bridgehead atoms. The summed E-state index contributed by atoms with van der Waals surface area (Å²) in [6, 6.07) is 52.0. The number of hydrogen-bond donors (Lipinski definition) is 0. The van der Waals surface area contributed by atoms with Gasteiger partial charge in [0.25, 0.3) is 0 Å². The van der Waals surface area contributed by atoms with Gasteiger partial charge in [-0.25, -0.2) is 19.9 Å². The zero-order chi connectivity index (χ0) is 34.4. The minimum absolute atomic E-state index is 0.867. The molecule has 0 radical (unpaired) electrons. The maximum absolute atomic E-state index is 5.23. The first-order valence-corrected chi connectivity index (χ1v) is 18.9. The molecular formula is C46H28N4S2. The van der Waals surface area contributed by atoms with E-state index in [9.17, 15) is 0 Å². The summed E-state index contributed by atoms with van der Waals surface area (Å²) in [6.07, 6.45) is 3.66. The highest BCUT2D eigenvalue weighted by Crippen LogP contribution is 2.45. The summed E-state index contributed by atoms with van der Waals surface area (Å²) in [4.78, 5) is 19.6. The van der Waals surface area contributed by atoms with Crippen LogP contribution in [0.25, 0.3) is 98.5 Å². The molecule has 6 heteroatoms. The molecule has 10 aromatic rings. The van der Waals surface area contributed by atoms with Gasteiger partial charge in [-0.1, -0.05) is 115 Å². The van der Waals surface area contributed by atoms with Crippen LogP contribution < -0.4 is 0 Å². The Morgan fingerprint density at radius 3 is 1.50 bits per heavy atom. The fourth-order valence-corrected chi connectivity index (χ4v) is 8.53. The van der Waals surface area contributed by atoms with Gasteiger partial charge in [0.1, 0.15) is 10.0 Å². The van der Waals surface area contributed by atoms with Gasteiger partial charge in [0.05, 0.1) is 22.8 Å². The van der Waals surface area contributed by atoms with Crippen molar-refractivity contribution < 1.29 is 0 Å². The predicted octanol–water partition coefficient (Wildman–Crippen LogP) is 12.9. The molecular weight excluding hydrogens is 673 g/mol. The number of benzene rings is 6. The van der Waals surface area contributed by atoms with E-state index in [4.69, 9.17) is 9.97 Å². The van der Waals surface area contributed by atoms with E-state index in [1.807, 2.05) is 35.3 Å². The van der Waals surface area contributed by atoms with Crippen LogP contribution in [0.2, 0.25) is 0 Å². The van der Waals surface area contributed by atoms with Crippen LogP contribution in [0.5, 0.6) is 0 Å². The molecule has 0 unspecified atom stereocenters. The molecule has 0 amide bonds. The zero-order valence-electron chi connectivity index (χ0n) is 27.8. The van der Waals surface area contributed by atoms with Crippen LogP contribution >= 0.6 is 22.7 Å². The van der Waals surface area contributed by atoms with Crippen molar-refractivity contribution in [1.29, 1.82) is 0 Å². The molecule has 4 nitrogen and oxygen atoms in total. The third-order valence-corrected chi connectivity index (χ3v) is 11.2. The van der Waals surface area contributed by atoms with E-state index >= 15 is 0 Å². The third-order valence-electron chi connectivity index (χ3n) is 9.66. The zero-order valence-corrected chi connectivity index (χ0v) is 29.4. The Bertz CT molecular complexity index is 2890. The molecule has 0 spiro atoms. The largest absolute Gasteiger partial charge is 0.245 e. The summed E-state index contributed by atoms with van der Waals surface area (Å²) < 4.78 is 0. The summed E-state index contributed by atoms with van der Waals surface area (Å²) in [6.45, 7) is 0. The average Bonchev–Trinajstić information content (AvgIpc) is 3.96. The lowest BCUT2D eigenvalue weighted by atomic mass is 9.87. The molecule has 0 aliphatic carbocycles. The monoisotopic (exact) mass is 700 g/mol. The highest BCUT2D eigenvalue weighted by atomic mass is 32.1. The first kappa shape index (κ1) is 30.5. The second kappa shape index (κ2) is 12.8. The number of thiazole rings is 2. The first-order valence-electron chi connectivity index (χ1n) is 17.1. The summed E-state index contributed by atoms with van der Waals surface area (Å²) in [5.41, 5.74) is 10.5. The van der Waals surface area contributed by atoms with Crippen LogP contribution in [0.3, 0.4) is 0 Å². The number of rotatable bonds is 6. The highest BCUT2D eigenvalue weighted by molar-refractivity contribution is 7.13. The normalized spacial score (nSPS) is 11.5. The van der Waals surface area contributed by atoms with Gasteiger partial charge in [-0.3, -0.25) is 0 Å². The number of nitrogens with zero attached hydrogens (tertiary/aromatic N) is 4. The number of fused-ring (bicyclic) bond motifs is 3. The van der Waals surface area contributed by atoms with Crippen molar-refractivity contribution in [2.75, 3.05) is 0 Å². The Labute approximate surface area is 308 Å². The summed E-state index contributed by atoms with van der Waals surface area (Å²) in [5, 5.41) is 12.8. The number of hydrogen-bond acceptors (Lipinski definition) is 6. The van der Waals surface area contributed by atoms with Crippen LogP contribution in [-0.2, 0) is 0 Å². The van der Waals surface area contributed by atoms with Crippen LogP contribution in [0.15, 0.2) is 169 Å². The van der Waals surface area contributed by atoms with Gasteiger partial charge in [-0.05, 0) is 84.9 Å². The summed E-state index contributed by atoms with van der Waals surface area (Å²) in [7, 11) is 0. The second-order valence-electron chi connectivity index (χ2n) is 12.7. The molecule has 0 fully saturated rings. The van der Waals surface area contributed by atoms with E-state index in [-0.39, 0.29) is 0 Å². The van der Waals surface area contributed by atoms with E-state index in [2.05, 4.69) is 143 Å². The number of pyridine rings is 2. The number of aromatic nitrogens is 4. The summed E-state index contributed by atoms with van der Waals surface area (Å²) >= 11 is 3.20. The van der Waals surface area contributed by atoms with E-state index in [0.29, 0.717) is 0 Å². The predicted molar refractivity (Wildman–Crippen MR) is 219 cm³/mol. The van der Waals surface area contributed by atoms with Gasteiger partial charge < -0.3 is 0 Å². The van der Waals surface area contributed by atoms with E-state index in [1.54, 1.807) is 22.7 Å². The maximum Gasteiger partial charge on any atom is 0.141 e. The molecule has 6 aromatic carbocycles. The van der Waals surface area contributed by atoms with Crippen LogP contribution in [0.4, 0.5) is 0 Å². The molecule has 4 aromatic heterocycles. The van der Waals surface area contributed by atoms with Gasteiger partial charge in [0.15, 0.2) is 0 Å². The topological polar surface area (TPSA) is 51.6 Å². The van der Waals surface area contributed by atoms with Gasteiger partial charge in [0.2, 0.25) is 0 Å². The molecule has 0 atom stereocenters. The summed E-state index contributed by atoms with van der Waals surface area (Å²) in [5.74, 6) is 0. The van der Waals surface area contributed by atoms with Crippen molar-refractivity contribution in [2.24, 2.45) is 0 Å². The lowest BCUT2D eigenvalue weighted by Gasteiger charge is -2.18. The van der Waals surface area contributed by atoms with E-state index < -0.39 is 0 Å². The standard InChI is InChI=1S/C46H28N4S2/c1-2-10-33-30(8-1)9-5-13-34(33)31-20-18-29(19-21-31)32-22-23-37-38(28-32)44(40-15-7-17-42(50-40)46-48-25-27-52-46)36-12-4-3-11-35(36)43(37)39-14-6-16-41(49-39)45-47-24-26-51-45/h1-28H. The van der Waals surface area contributed by atoms with Gasteiger partial charge >= 0.3 is 0 Å². The van der Waals surface area contributed by atoms with Gasteiger partial charge in [-0.15, -0.1) is 22.7 Å². The Kier molecular flexibility index (Phi) is 7.48. The van der Waals surface area contributed by atoms with Crippen LogP contribution in [0.1, 0.15) is 0 Å². The Hall–Kier alpha value is -6.34. The van der Waals surface area contributed by atoms with Crippen LogP contribution in [0, 0.1) is 0 Å². The third kappa shape index (κ3) is 5.28. The smallest absolute Gasteiger partial charge is 0.141 e. The van der Waals surface area contributed by atoms with Crippen molar-refractivity contribution in [3.05, 3.63) is 169 Å². The van der Waals surface area contributed by atoms with Gasteiger partial charge in [-0.2, -0.15) is 0 Å². The molecule has 10 rings (SSSR count). The van der Waals surface area contributed by atoms with Crippen molar-refractivity contribution in [2.45, 2.75) is 0 Å². The Balaban J connectivity index is 1.20. The van der Waals surface area contributed by atoms with Crippen molar-refractivity contribution in [1.82, 2.24) is 19.9 Å². The molecule has 52 heavy (non-hydrogen) atoms. The van der Waals surface area contributed by atoms with Crippen LogP contribution in [-0.4, -0.2) is 19.9 Å². The quantitative estimate of drug-likeness (QED) is 0.162. The second-order valence-corrected chi connectivity index (χ2v) is 14.4. The van der Waals surface area contributed by atoms with Crippen molar-refractivity contribution in [3.8, 4) is 66.2 Å². The highest BCUT2D eigenvalue weighted by Gasteiger charge is 2.20. The SMILES string of the molecule is c1cc(-c2nccs2)nc(-c2c3ccccc3c(-c3cccc(-c4nccs4)n3)c3cc(-c4ccc(-c5cccc6ccccc56)cc4)ccc23)c1. The average molecular weight is 701 g/mol.